The van der Waals surface area contributed by atoms with Crippen LogP contribution >= 0.6 is 0 Å². The van der Waals surface area contributed by atoms with Gasteiger partial charge >= 0.3 is 0 Å². The highest BCUT2D eigenvalue weighted by molar-refractivity contribution is 5.24. The molecule has 0 aliphatic heterocycles. The van der Waals surface area contributed by atoms with E-state index >= 15 is 0 Å². The number of rotatable bonds is 11. The predicted molar refractivity (Wildman–Crippen MR) is 84.2 cm³/mol. The minimum atomic E-state index is 0.548. The van der Waals surface area contributed by atoms with E-state index in [-0.39, 0.29) is 0 Å². The van der Waals surface area contributed by atoms with Gasteiger partial charge in [0.25, 0.3) is 0 Å². The Labute approximate surface area is 123 Å². The first-order valence-corrected chi connectivity index (χ1v) is 7.73. The fraction of sp³-hybridized carbons (Fsp3) is 0.647. The molecule has 3 heteroatoms. The summed E-state index contributed by atoms with van der Waals surface area (Å²) in [5.41, 5.74) is 2.60. The number of ether oxygens (including phenoxy) is 2. The Bertz CT molecular complexity index is 337. The Morgan fingerprint density at radius 1 is 1.00 bits per heavy atom. The third-order valence-corrected chi connectivity index (χ3v) is 3.24. The molecule has 114 valence electrons. The molecular weight excluding hydrogens is 250 g/mol. The lowest BCUT2D eigenvalue weighted by atomic mass is 10.00. The SMILES string of the molecule is CCCOCCOCc1ccc(C(C)CNCC)cc1. The molecule has 1 atom stereocenters. The quantitative estimate of drug-likeness (QED) is 0.630. The molecule has 0 aromatic heterocycles. The van der Waals surface area contributed by atoms with Crippen LogP contribution in [0.15, 0.2) is 24.3 Å². The number of nitrogens with one attached hydrogen (secondary N) is 1. The lowest BCUT2D eigenvalue weighted by Gasteiger charge is -2.13. The Kier molecular flexibility index (Phi) is 9.29. The van der Waals surface area contributed by atoms with Gasteiger partial charge in [0, 0.05) is 13.2 Å². The highest BCUT2D eigenvalue weighted by atomic mass is 16.5. The van der Waals surface area contributed by atoms with Crippen LogP contribution in [0.1, 0.15) is 44.2 Å². The Morgan fingerprint density at radius 3 is 2.35 bits per heavy atom. The van der Waals surface area contributed by atoms with Gasteiger partial charge in [-0.1, -0.05) is 45.0 Å². The highest BCUT2D eigenvalue weighted by Gasteiger charge is 2.04. The monoisotopic (exact) mass is 279 g/mol. The molecule has 1 N–H and O–H groups in total. The standard InChI is InChI=1S/C17H29NO2/c1-4-10-19-11-12-20-14-16-6-8-17(9-7-16)15(3)13-18-5-2/h6-9,15,18H,4-5,10-14H2,1-3H3. The third-order valence-electron chi connectivity index (χ3n) is 3.24. The molecule has 0 spiro atoms. The second-order valence-corrected chi connectivity index (χ2v) is 5.12. The zero-order valence-corrected chi connectivity index (χ0v) is 13.2. The van der Waals surface area contributed by atoms with Crippen LogP contribution in [0.3, 0.4) is 0 Å². The fourth-order valence-electron chi connectivity index (χ4n) is 1.98. The molecular formula is C17H29NO2. The van der Waals surface area contributed by atoms with Crippen LogP contribution in [-0.2, 0) is 16.1 Å². The molecule has 0 heterocycles. The molecule has 1 aromatic rings. The molecule has 0 fully saturated rings. The first kappa shape index (κ1) is 17.2. The van der Waals surface area contributed by atoms with Crippen molar-refractivity contribution in [1.29, 1.82) is 0 Å². The molecule has 0 aliphatic carbocycles. The second kappa shape index (κ2) is 10.8. The summed E-state index contributed by atoms with van der Waals surface area (Å²) in [6.07, 6.45) is 1.06. The van der Waals surface area contributed by atoms with E-state index < -0.39 is 0 Å². The van der Waals surface area contributed by atoms with Crippen molar-refractivity contribution in [2.75, 3.05) is 32.9 Å². The van der Waals surface area contributed by atoms with Crippen molar-refractivity contribution in [1.82, 2.24) is 5.32 Å². The van der Waals surface area contributed by atoms with Gasteiger partial charge in [-0.2, -0.15) is 0 Å². The summed E-state index contributed by atoms with van der Waals surface area (Å²) in [5, 5.41) is 3.38. The summed E-state index contributed by atoms with van der Waals surface area (Å²) in [6.45, 7) is 11.4. The van der Waals surface area contributed by atoms with E-state index in [9.17, 15) is 0 Å². The summed E-state index contributed by atoms with van der Waals surface area (Å²) in [5.74, 6) is 0.548. The first-order valence-electron chi connectivity index (χ1n) is 7.73. The van der Waals surface area contributed by atoms with Gasteiger partial charge in [0.15, 0.2) is 0 Å². The largest absolute Gasteiger partial charge is 0.379 e. The van der Waals surface area contributed by atoms with Crippen LogP contribution in [0.2, 0.25) is 0 Å². The smallest absolute Gasteiger partial charge is 0.0718 e. The molecule has 20 heavy (non-hydrogen) atoms. The van der Waals surface area contributed by atoms with Crippen molar-refractivity contribution in [2.24, 2.45) is 0 Å². The van der Waals surface area contributed by atoms with Gasteiger partial charge in [-0.05, 0) is 30.0 Å². The third kappa shape index (κ3) is 7.04. The van der Waals surface area contributed by atoms with E-state index in [0.29, 0.717) is 25.7 Å². The minimum Gasteiger partial charge on any atom is -0.379 e. The van der Waals surface area contributed by atoms with Crippen LogP contribution in [0.4, 0.5) is 0 Å². The van der Waals surface area contributed by atoms with Crippen LogP contribution in [0, 0.1) is 0 Å². The maximum atomic E-state index is 5.59. The Hall–Kier alpha value is -0.900. The van der Waals surface area contributed by atoms with E-state index in [2.05, 4.69) is 50.4 Å². The van der Waals surface area contributed by atoms with Crippen LogP contribution < -0.4 is 5.32 Å². The highest BCUT2D eigenvalue weighted by Crippen LogP contribution is 2.15. The van der Waals surface area contributed by atoms with E-state index in [1.54, 1.807) is 0 Å². The summed E-state index contributed by atoms with van der Waals surface area (Å²) in [6, 6.07) is 8.72. The van der Waals surface area contributed by atoms with Crippen LogP contribution in [0.25, 0.3) is 0 Å². The molecule has 0 saturated heterocycles. The van der Waals surface area contributed by atoms with Gasteiger partial charge in [0.1, 0.15) is 0 Å². The van der Waals surface area contributed by atoms with E-state index in [1.165, 1.54) is 11.1 Å². The molecule has 0 bridgehead atoms. The second-order valence-electron chi connectivity index (χ2n) is 5.12. The minimum absolute atomic E-state index is 0.548. The number of hydrogen-bond donors (Lipinski definition) is 1. The molecule has 0 radical (unpaired) electrons. The van der Waals surface area contributed by atoms with Crippen LogP contribution in [-0.4, -0.2) is 32.9 Å². The Morgan fingerprint density at radius 2 is 1.70 bits per heavy atom. The zero-order chi connectivity index (χ0) is 14.6. The van der Waals surface area contributed by atoms with Gasteiger partial charge in [-0.25, -0.2) is 0 Å². The van der Waals surface area contributed by atoms with Gasteiger partial charge in [-0.15, -0.1) is 0 Å². The molecule has 1 unspecified atom stereocenters. The summed E-state index contributed by atoms with van der Waals surface area (Å²) < 4.78 is 11.0. The Balaban J connectivity index is 2.24. The van der Waals surface area contributed by atoms with Crippen molar-refractivity contribution in [3.63, 3.8) is 0 Å². The normalized spacial score (nSPS) is 12.6. The maximum absolute atomic E-state index is 5.59. The van der Waals surface area contributed by atoms with Gasteiger partial charge in [0.05, 0.1) is 19.8 Å². The average molecular weight is 279 g/mol. The molecule has 0 aliphatic rings. The molecule has 1 aromatic carbocycles. The van der Waals surface area contributed by atoms with E-state index in [4.69, 9.17) is 9.47 Å². The average Bonchev–Trinajstić information content (AvgIpc) is 2.49. The summed E-state index contributed by atoms with van der Waals surface area (Å²) >= 11 is 0. The summed E-state index contributed by atoms with van der Waals surface area (Å²) in [4.78, 5) is 0. The maximum Gasteiger partial charge on any atom is 0.0718 e. The lowest BCUT2D eigenvalue weighted by molar-refractivity contribution is 0.0408. The van der Waals surface area contributed by atoms with E-state index in [0.717, 1.165) is 26.1 Å². The molecule has 0 amide bonds. The number of hydrogen-bond acceptors (Lipinski definition) is 3. The molecule has 3 nitrogen and oxygen atoms in total. The van der Waals surface area contributed by atoms with Crippen molar-refractivity contribution in [2.45, 2.75) is 39.7 Å². The lowest BCUT2D eigenvalue weighted by Crippen LogP contribution is -2.19. The first-order chi connectivity index (χ1) is 9.77. The van der Waals surface area contributed by atoms with Gasteiger partial charge in [-0.3, -0.25) is 0 Å². The fourth-order valence-corrected chi connectivity index (χ4v) is 1.98. The van der Waals surface area contributed by atoms with Crippen LogP contribution in [0.5, 0.6) is 0 Å². The van der Waals surface area contributed by atoms with Crippen molar-refractivity contribution in [3.8, 4) is 0 Å². The van der Waals surface area contributed by atoms with Gasteiger partial charge in [0.2, 0.25) is 0 Å². The van der Waals surface area contributed by atoms with Crippen molar-refractivity contribution < 1.29 is 9.47 Å². The van der Waals surface area contributed by atoms with E-state index in [1.807, 2.05) is 0 Å². The number of likely N-dealkylation sites (N-methyl/N-ethyl adjacent to an activating group) is 1. The predicted octanol–water partition coefficient (Wildman–Crippen LogP) is 3.34. The van der Waals surface area contributed by atoms with Crippen molar-refractivity contribution in [3.05, 3.63) is 35.4 Å². The van der Waals surface area contributed by atoms with Gasteiger partial charge < -0.3 is 14.8 Å². The van der Waals surface area contributed by atoms with Crippen molar-refractivity contribution >= 4 is 0 Å². The number of benzene rings is 1. The summed E-state index contributed by atoms with van der Waals surface area (Å²) in [7, 11) is 0. The molecule has 0 saturated carbocycles. The zero-order valence-electron chi connectivity index (χ0n) is 13.2. The molecule has 1 rings (SSSR count). The topological polar surface area (TPSA) is 30.5 Å².